The number of aliphatic hydroxyl groups excluding tert-OH is 1. The van der Waals surface area contributed by atoms with Gasteiger partial charge in [0.15, 0.2) is 0 Å². The van der Waals surface area contributed by atoms with Gasteiger partial charge in [0.05, 0.1) is 6.54 Å². The first-order valence-corrected chi connectivity index (χ1v) is 6.21. The zero-order chi connectivity index (χ0) is 11.6. The molecule has 1 spiro atoms. The van der Waals surface area contributed by atoms with Crippen LogP contribution in [0.1, 0.15) is 32.1 Å². The molecular weight excluding hydrogens is 206 g/mol. The Hall–Kier alpha value is -0.610. The molecule has 2 fully saturated rings. The second-order valence-electron chi connectivity index (χ2n) is 5.37. The molecule has 0 unspecified atom stereocenters. The number of aliphatic hydroxyl groups is 1. The molecule has 0 aromatic heterocycles. The molecule has 92 valence electrons. The summed E-state index contributed by atoms with van der Waals surface area (Å²) in [7, 11) is 0. The van der Waals surface area contributed by atoms with Crippen LogP contribution in [0.3, 0.4) is 0 Å². The topological polar surface area (TPSA) is 60.8 Å². The maximum atomic E-state index is 10.7. The molecule has 0 amide bonds. The van der Waals surface area contributed by atoms with Crippen molar-refractivity contribution in [2.75, 3.05) is 26.2 Å². The Balaban J connectivity index is 2.03. The zero-order valence-electron chi connectivity index (χ0n) is 9.69. The van der Waals surface area contributed by atoms with E-state index >= 15 is 0 Å². The van der Waals surface area contributed by atoms with Gasteiger partial charge in [-0.15, -0.1) is 0 Å². The minimum absolute atomic E-state index is 0.123. The predicted molar refractivity (Wildman–Crippen MR) is 60.2 cm³/mol. The number of carbonyl (C=O) groups is 1. The van der Waals surface area contributed by atoms with Crippen LogP contribution >= 0.6 is 0 Å². The van der Waals surface area contributed by atoms with Crippen molar-refractivity contribution in [1.82, 2.24) is 4.90 Å². The van der Waals surface area contributed by atoms with Crippen LogP contribution in [0.4, 0.5) is 0 Å². The third kappa shape index (κ3) is 2.23. The fourth-order valence-corrected chi connectivity index (χ4v) is 3.53. The fraction of sp³-hybridized carbons (Fsp3) is 0.917. The van der Waals surface area contributed by atoms with E-state index in [4.69, 9.17) is 5.11 Å². The highest BCUT2D eigenvalue weighted by Crippen LogP contribution is 2.47. The van der Waals surface area contributed by atoms with Gasteiger partial charge in [-0.1, -0.05) is 19.3 Å². The Morgan fingerprint density at radius 3 is 2.56 bits per heavy atom. The monoisotopic (exact) mass is 227 g/mol. The van der Waals surface area contributed by atoms with Crippen molar-refractivity contribution in [3.8, 4) is 0 Å². The highest BCUT2D eigenvalue weighted by Gasteiger charge is 2.46. The molecule has 4 nitrogen and oxygen atoms in total. The second-order valence-corrected chi connectivity index (χ2v) is 5.37. The molecule has 1 aliphatic carbocycles. The van der Waals surface area contributed by atoms with Gasteiger partial charge in [0.25, 0.3) is 0 Å². The fourth-order valence-electron chi connectivity index (χ4n) is 3.53. The van der Waals surface area contributed by atoms with Gasteiger partial charge in [-0.3, -0.25) is 9.69 Å². The lowest BCUT2D eigenvalue weighted by Gasteiger charge is -2.37. The molecule has 4 heteroatoms. The normalized spacial score (nSPS) is 29.7. The van der Waals surface area contributed by atoms with Gasteiger partial charge < -0.3 is 10.2 Å². The smallest absolute Gasteiger partial charge is 0.317 e. The summed E-state index contributed by atoms with van der Waals surface area (Å²) >= 11 is 0. The largest absolute Gasteiger partial charge is 0.480 e. The molecule has 1 heterocycles. The van der Waals surface area contributed by atoms with Crippen molar-refractivity contribution in [2.45, 2.75) is 32.1 Å². The van der Waals surface area contributed by atoms with E-state index in [0.717, 1.165) is 25.9 Å². The molecule has 0 aromatic rings. The number of carboxylic acids is 1. The minimum atomic E-state index is -0.760. The number of rotatable bonds is 3. The second kappa shape index (κ2) is 4.72. The van der Waals surface area contributed by atoms with Gasteiger partial charge in [0.2, 0.25) is 0 Å². The summed E-state index contributed by atoms with van der Waals surface area (Å²) < 4.78 is 0. The molecule has 0 bridgehead atoms. The van der Waals surface area contributed by atoms with Gasteiger partial charge in [0.1, 0.15) is 0 Å². The summed E-state index contributed by atoms with van der Waals surface area (Å²) in [6, 6.07) is 0. The molecule has 2 aliphatic rings. The van der Waals surface area contributed by atoms with Crippen LogP contribution in [0.25, 0.3) is 0 Å². The van der Waals surface area contributed by atoms with Gasteiger partial charge in [0, 0.05) is 25.6 Å². The SMILES string of the molecule is O=C(O)CN1C[C@@H](CO)C2(CCCCC2)C1. The first kappa shape index (κ1) is 11.9. The van der Waals surface area contributed by atoms with Gasteiger partial charge in [-0.25, -0.2) is 0 Å². The third-order valence-electron chi connectivity index (χ3n) is 4.31. The summed E-state index contributed by atoms with van der Waals surface area (Å²) in [5, 5.41) is 18.3. The standard InChI is InChI=1S/C12H21NO3/c14-8-10-6-13(7-11(15)16)9-12(10)4-2-1-3-5-12/h10,14H,1-9H2,(H,15,16)/t10-/m0/s1. The lowest BCUT2D eigenvalue weighted by atomic mass is 9.68. The molecule has 1 saturated carbocycles. The average molecular weight is 227 g/mol. The number of hydrogen-bond acceptors (Lipinski definition) is 3. The Bertz CT molecular complexity index is 261. The van der Waals surface area contributed by atoms with E-state index in [2.05, 4.69) is 0 Å². The molecule has 2 N–H and O–H groups in total. The number of nitrogens with zero attached hydrogens (tertiary/aromatic N) is 1. The Kier molecular flexibility index (Phi) is 3.50. The number of aliphatic carboxylic acids is 1. The average Bonchev–Trinajstić information content (AvgIpc) is 2.56. The van der Waals surface area contributed by atoms with Crippen molar-refractivity contribution in [3.63, 3.8) is 0 Å². The molecular formula is C12H21NO3. The van der Waals surface area contributed by atoms with Gasteiger partial charge in [-0.05, 0) is 18.3 Å². The summed E-state index contributed by atoms with van der Waals surface area (Å²) in [5.41, 5.74) is 0.211. The molecule has 1 atom stereocenters. The van der Waals surface area contributed by atoms with Crippen LogP contribution in [0.2, 0.25) is 0 Å². The third-order valence-corrected chi connectivity index (χ3v) is 4.31. The van der Waals surface area contributed by atoms with Crippen LogP contribution in [-0.4, -0.2) is 47.3 Å². The van der Waals surface area contributed by atoms with Crippen LogP contribution in [0.15, 0.2) is 0 Å². The number of likely N-dealkylation sites (tertiary alicyclic amines) is 1. The molecule has 2 rings (SSSR count). The quantitative estimate of drug-likeness (QED) is 0.753. The molecule has 1 saturated heterocycles. The Morgan fingerprint density at radius 1 is 1.31 bits per heavy atom. The first-order valence-electron chi connectivity index (χ1n) is 6.21. The van der Waals surface area contributed by atoms with Crippen molar-refractivity contribution in [1.29, 1.82) is 0 Å². The van der Waals surface area contributed by atoms with Crippen LogP contribution in [-0.2, 0) is 4.79 Å². The highest BCUT2D eigenvalue weighted by molar-refractivity contribution is 5.69. The van der Waals surface area contributed by atoms with E-state index in [-0.39, 0.29) is 24.5 Å². The van der Waals surface area contributed by atoms with Gasteiger partial charge in [-0.2, -0.15) is 0 Å². The summed E-state index contributed by atoms with van der Waals surface area (Å²) in [6.45, 7) is 1.95. The zero-order valence-corrected chi connectivity index (χ0v) is 9.69. The maximum Gasteiger partial charge on any atom is 0.317 e. The van der Waals surface area contributed by atoms with Crippen LogP contribution < -0.4 is 0 Å². The maximum absolute atomic E-state index is 10.7. The molecule has 0 aromatic carbocycles. The summed E-state index contributed by atoms with van der Waals surface area (Å²) in [6.07, 6.45) is 6.08. The van der Waals surface area contributed by atoms with Crippen molar-refractivity contribution >= 4 is 5.97 Å². The van der Waals surface area contributed by atoms with E-state index in [1.807, 2.05) is 4.90 Å². The van der Waals surface area contributed by atoms with Gasteiger partial charge >= 0.3 is 5.97 Å². The first-order chi connectivity index (χ1) is 7.66. The molecule has 16 heavy (non-hydrogen) atoms. The summed E-state index contributed by atoms with van der Waals surface area (Å²) in [4.78, 5) is 12.7. The molecule has 1 aliphatic heterocycles. The van der Waals surface area contributed by atoms with Crippen molar-refractivity contribution in [2.24, 2.45) is 11.3 Å². The van der Waals surface area contributed by atoms with Crippen molar-refractivity contribution in [3.05, 3.63) is 0 Å². The lowest BCUT2D eigenvalue weighted by molar-refractivity contribution is -0.138. The van der Waals surface area contributed by atoms with E-state index in [1.165, 1.54) is 19.3 Å². The summed E-state index contributed by atoms with van der Waals surface area (Å²) in [5.74, 6) is -0.475. The lowest BCUT2D eigenvalue weighted by Crippen LogP contribution is -2.35. The number of hydrogen-bond donors (Lipinski definition) is 2. The Morgan fingerprint density at radius 2 is 2.00 bits per heavy atom. The predicted octanol–water partition coefficient (Wildman–Crippen LogP) is 0.946. The number of carboxylic acid groups (broad SMARTS) is 1. The van der Waals surface area contributed by atoms with E-state index in [1.54, 1.807) is 0 Å². The van der Waals surface area contributed by atoms with Crippen LogP contribution in [0, 0.1) is 11.3 Å². The van der Waals surface area contributed by atoms with Crippen LogP contribution in [0.5, 0.6) is 0 Å². The van der Waals surface area contributed by atoms with E-state index < -0.39 is 5.97 Å². The highest BCUT2D eigenvalue weighted by atomic mass is 16.4. The van der Waals surface area contributed by atoms with E-state index in [9.17, 15) is 9.90 Å². The molecule has 0 radical (unpaired) electrons. The van der Waals surface area contributed by atoms with E-state index in [0.29, 0.717) is 0 Å². The van der Waals surface area contributed by atoms with Crippen molar-refractivity contribution < 1.29 is 15.0 Å². The minimum Gasteiger partial charge on any atom is -0.480 e. The Labute approximate surface area is 96.3 Å².